The molecule has 1 aliphatic heterocycles. The van der Waals surface area contributed by atoms with Gasteiger partial charge in [-0.1, -0.05) is 25.0 Å². The standard InChI is InChI=1S/C21H22FN3O3S/c22-14-7-5-13(6-8-14)11-15-12-23-21(29-15)24-18(26)9-10-25-19(27)16-3-1-2-4-17(16)20(25)28/h5-8,12,16-17H,1-4,9-11H2,(H,23,24,26)/t16-,17+. The van der Waals surface area contributed by atoms with Gasteiger partial charge in [-0.3, -0.25) is 19.3 Å². The zero-order chi connectivity index (χ0) is 20.4. The maximum Gasteiger partial charge on any atom is 0.233 e. The third kappa shape index (κ3) is 4.37. The first-order valence-electron chi connectivity index (χ1n) is 9.85. The summed E-state index contributed by atoms with van der Waals surface area (Å²) in [5, 5.41) is 3.20. The zero-order valence-electron chi connectivity index (χ0n) is 15.9. The molecule has 0 unspecified atom stereocenters. The highest BCUT2D eigenvalue weighted by atomic mass is 32.1. The fourth-order valence-corrected chi connectivity index (χ4v) is 4.96. The second kappa shape index (κ2) is 8.41. The Labute approximate surface area is 172 Å². The Morgan fingerprint density at radius 1 is 1.14 bits per heavy atom. The fraction of sp³-hybridized carbons (Fsp3) is 0.429. The average molecular weight is 415 g/mol. The van der Waals surface area contributed by atoms with Crippen LogP contribution in [-0.4, -0.2) is 34.2 Å². The van der Waals surface area contributed by atoms with Crippen LogP contribution >= 0.6 is 11.3 Å². The van der Waals surface area contributed by atoms with Crippen molar-refractivity contribution in [2.24, 2.45) is 11.8 Å². The smallest absolute Gasteiger partial charge is 0.233 e. The highest BCUT2D eigenvalue weighted by Crippen LogP contribution is 2.38. The number of nitrogens with zero attached hydrogens (tertiary/aromatic N) is 2. The van der Waals surface area contributed by atoms with Crippen molar-refractivity contribution in [2.75, 3.05) is 11.9 Å². The van der Waals surface area contributed by atoms with Crippen molar-refractivity contribution in [2.45, 2.75) is 38.5 Å². The number of thiazole rings is 1. The van der Waals surface area contributed by atoms with Crippen molar-refractivity contribution in [1.29, 1.82) is 0 Å². The van der Waals surface area contributed by atoms with Crippen LogP contribution in [0.3, 0.4) is 0 Å². The lowest BCUT2D eigenvalue weighted by atomic mass is 9.81. The lowest BCUT2D eigenvalue weighted by Gasteiger charge is -2.19. The molecule has 1 aromatic carbocycles. The minimum Gasteiger partial charge on any atom is -0.302 e. The van der Waals surface area contributed by atoms with Gasteiger partial charge in [-0.15, -0.1) is 11.3 Å². The number of imide groups is 1. The molecule has 1 aromatic heterocycles. The van der Waals surface area contributed by atoms with Crippen molar-refractivity contribution < 1.29 is 18.8 Å². The highest BCUT2D eigenvalue weighted by molar-refractivity contribution is 7.15. The average Bonchev–Trinajstić information content (AvgIpc) is 3.25. The molecule has 2 atom stereocenters. The lowest BCUT2D eigenvalue weighted by Crippen LogP contribution is -2.34. The van der Waals surface area contributed by atoms with E-state index in [2.05, 4.69) is 10.3 Å². The maximum absolute atomic E-state index is 13.0. The van der Waals surface area contributed by atoms with E-state index in [-0.39, 0.29) is 48.3 Å². The summed E-state index contributed by atoms with van der Waals surface area (Å²) in [6, 6.07) is 6.26. The third-order valence-electron chi connectivity index (χ3n) is 5.59. The monoisotopic (exact) mass is 415 g/mol. The number of anilines is 1. The van der Waals surface area contributed by atoms with Crippen LogP contribution in [-0.2, 0) is 20.8 Å². The lowest BCUT2D eigenvalue weighted by molar-refractivity contribution is -0.140. The third-order valence-corrected chi connectivity index (χ3v) is 6.50. The fourth-order valence-electron chi connectivity index (χ4n) is 4.10. The molecule has 3 amide bonds. The first-order valence-corrected chi connectivity index (χ1v) is 10.7. The van der Waals surface area contributed by atoms with Crippen LogP contribution in [0.2, 0.25) is 0 Å². The topological polar surface area (TPSA) is 79.4 Å². The summed E-state index contributed by atoms with van der Waals surface area (Å²) in [6.07, 6.45) is 5.86. The van der Waals surface area contributed by atoms with Crippen LogP contribution in [0.4, 0.5) is 9.52 Å². The number of hydrogen-bond acceptors (Lipinski definition) is 5. The summed E-state index contributed by atoms with van der Waals surface area (Å²) in [6.45, 7) is 0.115. The molecule has 2 aromatic rings. The number of amides is 3. The van der Waals surface area contributed by atoms with Crippen molar-refractivity contribution in [3.8, 4) is 0 Å². The summed E-state index contributed by atoms with van der Waals surface area (Å²) in [5.74, 6) is -1.17. The number of hydrogen-bond donors (Lipinski definition) is 1. The SMILES string of the molecule is O=C(CCN1C(=O)[C@H]2CCCC[C@H]2C1=O)Nc1ncc(Cc2ccc(F)cc2)s1. The van der Waals surface area contributed by atoms with Crippen LogP contribution in [0.25, 0.3) is 0 Å². The van der Waals surface area contributed by atoms with Gasteiger partial charge in [-0.05, 0) is 30.5 Å². The number of halogens is 1. The normalized spacial score (nSPS) is 21.3. The minimum atomic E-state index is -0.278. The van der Waals surface area contributed by atoms with Crippen LogP contribution < -0.4 is 5.32 Å². The number of likely N-dealkylation sites (tertiary alicyclic amines) is 1. The van der Waals surface area contributed by atoms with Gasteiger partial charge >= 0.3 is 0 Å². The van der Waals surface area contributed by atoms with Crippen LogP contribution in [0.15, 0.2) is 30.5 Å². The molecule has 2 heterocycles. The molecule has 2 fully saturated rings. The van der Waals surface area contributed by atoms with Gasteiger partial charge in [0.15, 0.2) is 5.13 Å². The Hall–Kier alpha value is -2.61. The van der Waals surface area contributed by atoms with E-state index >= 15 is 0 Å². The van der Waals surface area contributed by atoms with Crippen molar-refractivity contribution in [3.63, 3.8) is 0 Å². The summed E-state index contributed by atoms with van der Waals surface area (Å²) >= 11 is 1.35. The molecule has 1 N–H and O–H groups in total. The number of fused-ring (bicyclic) bond motifs is 1. The predicted molar refractivity (Wildman–Crippen MR) is 107 cm³/mol. The van der Waals surface area contributed by atoms with Gasteiger partial charge in [0.05, 0.1) is 11.8 Å². The predicted octanol–water partition coefficient (Wildman–Crippen LogP) is 3.38. The van der Waals surface area contributed by atoms with E-state index < -0.39 is 0 Å². The molecular formula is C21H22FN3O3S. The Balaban J connectivity index is 1.29. The van der Waals surface area contributed by atoms with E-state index in [0.29, 0.717) is 11.6 Å². The van der Waals surface area contributed by atoms with E-state index in [9.17, 15) is 18.8 Å². The van der Waals surface area contributed by atoms with Gasteiger partial charge in [0.2, 0.25) is 17.7 Å². The molecule has 1 saturated carbocycles. The van der Waals surface area contributed by atoms with Gasteiger partial charge in [-0.2, -0.15) is 0 Å². The quantitative estimate of drug-likeness (QED) is 0.734. The van der Waals surface area contributed by atoms with Gasteiger partial charge in [0, 0.05) is 30.5 Å². The molecule has 2 aliphatic rings. The molecule has 29 heavy (non-hydrogen) atoms. The second-order valence-corrected chi connectivity index (χ2v) is 8.67. The van der Waals surface area contributed by atoms with E-state index in [1.54, 1.807) is 18.3 Å². The zero-order valence-corrected chi connectivity index (χ0v) is 16.7. The van der Waals surface area contributed by atoms with Gasteiger partial charge in [-0.25, -0.2) is 9.37 Å². The molecule has 6 nitrogen and oxygen atoms in total. The van der Waals surface area contributed by atoms with Crippen LogP contribution in [0, 0.1) is 17.7 Å². The van der Waals surface area contributed by atoms with Gasteiger partial charge in [0.25, 0.3) is 0 Å². The highest BCUT2D eigenvalue weighted by Gasteiger charge is 2.47. The van der Waals surface area contributed by atoms with E-state index in [1.165, 1.54) is 28.4 Å². The largest absolute Gasteiger partial charge is 0.302 e. The molecule has 0 radical (unpaired) electrons. The molecule has 0 spiro atoms. The first-order chi connectivity index (χ1) is 14.0. The van der Waals surface area contributed by atoms with Crippen molar-refractivity contribution >= 4 is 34.2 Å². The van der Waals surface area contributed by atoms with E-state index in [1.807, 2.05) is 0 Å². The summed E-state index contributed by atoms with van der Waals surface area (Å²) < 4.78 is 13.0. The molecule has 0 bridgehead atoms. The Kier molecular flexibility index (Phi) is 5.71. The summed E-state index contributed by atoms with van der Waals surface area (Å²) in [4.78, 5) is 43.6. The van der Waals surface area contributed by atoms with E-state index in [4.69, 9.17) is 0 Å². The van der Waals surface area contributed by atoms with Crippen LogP contribution in [0.1, 0.15) is 42.5 Å². The number of rotatable bonds is 6. The molecule has 1 aliphatic carbocycles. The number of carbonyl (C=O) groups excluding carboxylic acids is 3. The molecular weight excluding hydrogens is 393 g/mol. The Bertz CT molecular complexity index is 904. The van der Waals surface area contributed by atoms with Crippen molar-refractivity contribution in [1.82, 2.24) is 9.88 Å². The number of aromatic nitrogens is 1. The van der Waals surface area contributed by atoms with Crippen LogP contribution in [0.5, 0.6) is 0 Å². The van der Waals surface area contributed by atoms with E-state index in [0.717, 1.165) is 36.1 Å². The molecule has 152 valence electrons. The number of nitrogens with one attached hydrogen (secondary N) is 1. The Morgan fingerprint density at radius 3 is 2.45 bits per heavy atom. The Morgan fingerprint density at radius 2 is 1.79 bits per heavy atom. The summed E-state index contributed by atoms with van der Waals surface area (Å²) in [7, 11) is 0. The molecule has 4 rings (SSSR count). The first kappa shape index (κ1) is 19.7. The number of benzene rings is 1. The summed E-state index contributed by atoms with van der Waals surface area (Å²) in [5.41, 5.74) is 0.959. The minimum absolute atomic E-state index is 0.0593. The van der Waals surface area contributed by atoms with Gasteiger partial charge < -0.3 is 5.32 Å². The molecule has 1 saturated heterocycles. The molecule has 8 heteroatoms. The van der Waals surface area contributed by atoms with Crippen molar-refractivity contribution in [3.05, 3.63) is 46.7 Å². The van der Waals surface area contributed by atoms with Gasteiger partial charge in [0.1, 0.15) is 5.82 Å². The second-order valence-electron chi connectivity index (χ2n) is 7.56. The number of carbonyl (C=O) groups is 3. The maximum atomic E-state index is 13.0.